The lowest BCUT2D eigenvalue weighted by molar-refractivity contribution is 0.415. The zero-order valence-electron chi connectivity index (χ0n) is 17.0. The normalized spacial score (nSPS) is 11.6. The van der Waals surface area contributed by atoms with Crippen LogP contribution in [0.5, 0.6) is 5.75 Å². The fraction of sp³-hybridized carbons (Fsp3) is 0.0435. The van der Waals surface area contributed by atoms with Crippen LogP contribution in [0.1, 0.15) is 5.56 Å². The van der Waals surface area contributed by atoms with Gasteiger partial charge in [0.2, 0.25) is 0 Å². The lowest BCUT2D eigenvalue weighted by Crippen LogP contribution is -2.18. The van der Waals surface area contributed by atoms with E-state index in [1.165, 1.54) is 18.3 Å². The van der Waals surface area contributed by atoms with Crippen molar-refractivity contribution >= 4 is 32.2 Å². The van der Waals surface area contributed by atoms with Crippen LogP contribution >= 0.6 is 15.9 Å². The molecule has 4 rings (SSSR count). The molecular formula is C23H19BrN4O3S. The maximum absolute atomic E-state index is 12.5. The van der Waals surface area contributed by atoms with Crippen LogP contribution in [-0.4, -0.2) is 31.5 Å². The van der Waals surface area contributed by atoms with Crippen molar-refractivity contribution in [2.75, 3.05) is 7.11 Å². The minimum atomic E-state index is -3.79. The van der Waals surface area contributed by atoms with Gasteiger partial charge in [-0.15, -0.1) is 0 Å². The van der Waals surface area contributed by atoms with Gasteiger partial charge in [0.05, 0.1) is 23.9 Å². The van der Waals surface area contributed by atoms with Gasteiger partial charge in [0.1, 0.15) is 11.4 Å². The summed E-state index contributed by atoms with van der Waals surface area (Å²) in [4.78, 5) is 2.38. The average molecular weight is 511 g/mol. The molecule has 1 aromatic heterocycles. The molecule has 0 fully saturated rings. The van der Waals surface area contributed by atoms with Gasteiger partial charge in [-0.2, -0.15) is 18.6 Å². The van der Waals surface area contributed by atoms with E-state index in [2.05, 4.69) is 25.9 Å². The minimum absolute atomic E-state index is 0.119. The highest BCUT2D eigenvalue weighted by atomic mass is 79.9. The van der Waals surface area contributed by atoms with Crippen LogP contribution in [0, 0.1) is 0 Å². The number of hydrogen-bond acceptors (Lipinski definition) is 5. The number of hydrazone groups is 1. The van der Waals surface area contributed by atoms with Gasteiger partial charge in [-0.05, 0) is 60.7 Å². The first kappa shape index (κ1) is 21.8. The lowest BCUT2D eigenvalue weighted by atomic mass is 10.1. The Bertz CT molecular complexity index is 1330. The molecule has 0 atom stereocenters. The van der Waals surface area contributed by atoms with Gasteiger partial charge >= 0.3 is 0 Å². The fourth-order valence-corrected chi connectivity index (χ4v) is 4.06. The molecular weight excluding hydrogens is 492 g/mol. The Hall–Kier alpha value is -3.43. The van der Waals surface area contributed by atoms with Crippen LogP contribution in [0.2, 0.25) is 0 Å². The number of rotatable bonds is 7. The van der Waals surface area contributed by atoms with Gasteiger partial charge in [0.25, 0.3) is 10.0 Å². The summed E-state index contributed by atoms with van der Waals surface area (Å²) in [6, 6.07) is 23.4. The van der Waals surface area contributed by atoms with Crippen LogP contribution in [0.15, 0.2) is 99.5 Å². The predicted octanol–water partition coefficient (Wildman–Crippen LogP) is 4.62. The Balaban J connectivity index is 1.67. The predicted molar refractivity (Wildman–Crippen MR) is 128 cm³/mol. The third-order valence-electron chi connectivity index (χ3n) is 4.63. The minimum Gasteiger partial charge on any atom is -0.497 e. The van der Waals surface area contributed by atoms with Crippen molar-refractivity contribution in [3.63, 3.8) is 0 Å². The van der Waals surface area contributed by atoms with E-state index in [1.807, 2.05) is 54.6 Å². The number of nitrogens with one attached hydrogen (secondary N) is 1. The van der Waals surface area contributed by atoms with E-state index in [4.69, 9.17) is 9.84 Å². The molecule has 4 aromatic rings. The molecule has 9 heteroatoms. The topological polar surface area (TPSA) is 85.6 Å². The molecule has 1 N–H and O–H groups in total. The molecule has 0 aliphatic heterocycles. The van der Waals surface area contributed by atoms with Gasteiger partial charge in [-0.25, -0.2) is 9.51 Å². The van der Waals surface area contributed by atoms with Crippen LogP contribution in [0.3, 0.4) is 0 Å². The maximum Gasteiger partial charge on any atom is 0.276 e. The summed E-state index contributed by atoms with van der Waals surface area (Å²) in [6.07, 6.45) is 3.24. The smallest absolute Gasteiger partial charge is 0.276 e. The van der Waals surface area contributed by atoms with Crippen molar-refractivity contribution in [1.82, 2.24) is 14.6 Å². The Morgan fingerprint density at radius 3 is 2.34 bits per heavy atom. The molecule has 1 heterocycles. The molecule has 0 radical (unpaired) electrons. The first-order valence-electron chi connectivity index (χ1n) is 9.56. The summed E-state index contributed by atoms with van der Waals surface area (Å²) < 4.78 is 32.8. The highest BCUT2D eigenvalue weighted by Crippen LogP contribution is 2.25. The number of methoxy groups -OCH3 is 1. The van der Waals surface area contributed by atoms with E-state index >= 15 is 0 Å². The quantitative estimate of drug-likeness (QED) is 0.290. The number of hydrogen-bond donors (Lipinski definition) is 1. The molecule has 0 amide bonds. The molecule has 0 unspecified atom stereocenters. The zero-order chi connectivity index (χ0) is 22.6. The average Bonchev–Trinajstić information content (AvgIpc) is 3.24. The zero-order valence-corrected chi connectivity index (χ0v) is 19.4. The van der Waals surface area contributed by atoms with Crippen LogP contribution in [0.4, 0.5) is 0 Å². The van der Waals surface area contributed by atoms with Crippen molar-refractivity contribution in [3.8, 4) is 22.7 Å². The number of para-hydroxylation sites is 1. The van der Waals surface area contributed by atoms with Crippen molar-refractivity contribution in [2.24, 2.45) is 5.10 Å². The second-order valence-electron chi connectivity index (χ2n) is 6.75. The van der Waals surface area contributed by atoms with Gasteiger partial charge in [-0.3, -0.25) is 0 Å². The van der Waals surface area contributed by atoms with Crippen molar-refractivity contribution in [2.45, 2.75) is 4.90 Å². The fourth-order valence-electron chi connectivity index (χ4n) is 3.00. The Labute approximate surface area is 194 Å². The monoisotopic (exact) mass is 510 g/mol. The van der Waals surface area contributed by atoms with E-state index in [-0.39, 0.29) is 4.90 Å². The van der Waals surface area contributed by atoms with Gasteiger partial charge in [0, 0.05) is 21.8 Å². The molecule has 0 aliphatic carbocycles. The van der Waals surface area contributed by atoms with E-state index in [9.17, 15) is 8.42 Å². The van der Waals surface area contributed by atoms with Gasteiger partial charge in [-0.1, -0.05) is 34.1 Å². The van der Waals surface area contributed by atoms with Crippen molar-refractivity contribution in [1.29, 1.82) is 0 Å². The van der Waals surface area contributed by atoms with Crippen LogP contribution in [-0.2, 0) is 10.0 Å². The number of aromatic nitrogens is 2. The molecule has 0 saturated carbocycles. The third kappa shape index (κ3) is 4.90. The lowest BCUT2D eigenvalue weighted by Gasteiger charge is -2.04. The molecule has 162 valence electrons. The standard InChI is InChI=1S/C23H19BrN4O3S/c1-31-21-11-7-17(8-12-21)23-18(16-28(26-23)20-5-3-2-4-6-20)15-25-27-32(29,30)22-13-9-19(24)10-14-22/h2-16,27H,1H3/b25-15-. The van der Waals surface area contributed by atoms with Crippen molar-refractivity contribution in [3.05, 3.63) is 95.1 Å². The molecule has 0 spiro atoms. The SMILES string of the molecule is COc1ccc(-c2nn(-c3ccccc3)cc2/C=N\NS(=O)(=O)c2ccc(Br)cc2)cc1. The summed E-state index contributed by atoms with van der Waals surface area (Å²) in [7, 11) is -2.19. The van der Waals surface area contributed by atoms with Crippen LogP contribution < -0.4 is 9.57 Å². The number of halogens is 1. The first-order valence-corrected chi connectivity index (χ1v) is 11.8. The summed E-state index contributed by atoms with van der Waals surface area (Å²) in [5.74, 6) is 0.730. The number of ether oxygens (including phenoxy) is 1. The summed E-state index contributed by atoms with van der Waals surface area (Å²) in [5.41, 5.74) is 3.02. The van der Waals surface area contributed by atoms with E-state index in [0.29, 0.717) is 11.3 Å². The summed E-state index contributed by atoms with van der Waals surface area (Å²) in [6.45, 7) is 0. The highest BCUT2D eigenvalue weighted by Gasteiger charge is 2.14. The Morgan fingerprint density at radius 1 is 1.00 bits per heavy atom. The molecule has 0 bridgehead atoms. The van der Waals surface area contributed by atoms with Crippen LogP contribution in [0.25, 0.3) is 16.9 Å². The Kier molecular flexibility index (Phi) is 6.38. The first-order chi connectivity index (χ1) is 15.5. The van der Waals surface area contributed by atoms with Gasteiger partial charge in [0.15, 0.2) is 0 Å². The molecule has 3 aromatic carbocycles. The number of benzene rings is 3. The number of nitrogens with zero attached hydrogens (tertiary/aromatic N) is 3. The largest absolute Gasteiger partial charge is 0.497 e. The molecule has 0 saturated heterocycles. The van der Waals surface area contributed by atoms with E-state index in [1.54, 1.807) is 30.1 Å². The highest BCUT2D eigenvalue weighted by molar-refractivity contribution is 9.10. The van der Waals surface area contributed by atoms with E-state index < -0.39 is 10.0 Å². The third-order valence-corrected chi connectivity index (χ3v) is 6.39. The molecule has 32 heavy (non-hydrogen) atoms. The van der Waals surface area contributed by atoms with E-state index in [0.717, 1.165) is 21.5 Å². The van der Waals surface area contributed by atoms with Crippen molar-refractivity contribution < 1.29 is 13.2 Å². The molecule has 0 aliphatic rings. The Morgan fingerprint density at radius 2 is 1.69 bits per heavy atom. The second kappa shape index (κ2) is 9.37. The summed E-state index contributed by atoms with van der Waals surface area (Å²) in [5, 5.41) is 8.68. The van der Waals surface area contributed by atoms with Gasteiger partial charge < -0.3 is 4.74 Å². The molecule has 7 nitrogen and oxygen atoms in total. The maximum atomic E-state index is 12.5. The second-order valence-corrected chi connectivity index (χ2v) is 9.33. The number of sulfonamides is 1. The summed E-state index contributed by atoms with van der Waals surface area (Å²) >= 11 is 3.29.